The highest BCUT2D eigenvalue weighted by Gasteiger charge is 2.31. The molecule has 2 aromatic rings. The first kappa shape index (κ1) is 16.9. The fourth-order valence-corrected chi connectivity index (χ4v) is 3.24. The smallest absolute Gasteiger partial charge is 0.242 e. The molecule has 0 saturated carbocycles. The summed E-state index contributed by atoms with van der Waals surface area (Å²) in [7, 11) is 0. The number of hydrogen-bond acceptors (Lipinski definition) is 3. The summed E-state index contributed by atoms with van der Waals surface area (Å²) in [6, 6.07) is 9.82. The molecule has 1 fully saturated rings. The Kier molecular flexibility index (Phi) is 5.11. The first-order chi connectivity index (χ1) is 11.5. The predicted octanol–water partition coefficient (Wildman–Crippen LogP) is 3.79. The summed E-state index contributed by atoms with van der Waals surface area (Å²) in [5.41, 5.74) is 1.28. The van der Waals surface area contributed by atoms with Crippen LogP contribution in [0.3, 0.4) is 0 Å². The van der Waals surface area contributed by atoms with E-state index in [-0.39, 0.29) is 17.8 Å². The van der Waals surface area contributed by atoms with Crippen LogP contribution < -0.4 is 5.32 Å². The molecule has 1 aromatic carbocycles. The molecule has 1 saturated heterocycles. The minimum absolute atomic E-state index is 0.113. The van der Waals surface area contributed by atoms with Gasteiger partial charge in [-0.15, -0.1) is 0 Å². The molecular formula is C18H19ClFN3O. The van der Waals surface area contributed by atoms with Gasteiger partial charge >= 0.3 is 0 Å². The number of amides is 1. The second-order valence-electron chi connectivity index (χ2n) is 5.98. The molecule has 4 nitrogen and oxygen atoms in total. The van der Waals surface area contributed by atoms with E-state index < -0.39 is 0 Å². The van der Waals surface area contributed by atoms with Gasteiger partial charge in [0.2, 0.25) is 5.91 Å². The molecule has 0 radical (unpaired) electrons. The number of carbonyl (C=O) groups is 1. The van der Waals surface area contributed by atoms with Crippen LogP contribution in [0, 0.1) is 12.7 Å². The highest BCUT2D eigenvalue weighted by molar-refractivity contribution is 6.31. The van der Waals surface area contributed by atoms with E-state index in [9.17, 15) is 9.18 Å². The van der Waals surface area contributed by atoms with E-state index in [2.05, 4.69) is 10.3 Å². The third kappa shape index (κ3) is 3.74. The maximum absolute atomic E-state index is 14.0. The predicted molar refractivity (Wildman–Crippen MR) is 92.4 cm³/mol. The number of halogens is 2. The molecule has 1 aliphatic rings. The van der Waals surface area contributed by atoms with Gasteiger partial charge in [-0.2, -0.15) is 0 Å². The molecular weight excluding hydrogens is 329 g/mol. The first-order valence-corrected chi connectivity index (χ1v) is 8.34. The quantitative estimate of drug-likeness (QED) is 0.915. The lowest BCUT2D eigenvalue weighted by Gasteiger charge is -2.24. The molecule has 126 valence electrons. The van der Waals surface area contributed by atoms with Crippen LogP contribution in [0.5, 0.6) is 0 Å². The van der Waals surface area contributed by atoms with E-state index in [1.165, 1.54) is 6.07 Å². The SMILES string of the molecule is Cc1cccc(NC(=O)[C@@H]2CCCN2Cc2c(F)cccc2Cl)n1. The molecule has 0 aliphatic carbocycles. The number of nitrogens with one attached hydrogen (secondary N) is 1. The Balaban J connectivity index is 1.72. The Hall–Kier alpha value is -1.98. The van der Waals surface area contributed by atoms with Crippen molar-refractivity contribution in [3.05, 3.63) is 58.5 Å². The van der Waals surface area contributed by atoms with Crippen molar-refractivity contribution in [2.24, 2.45) is 0 Å². The standard InChI is InChI=1S/C18H19ClFN3O/c1-12-5-2-9-17(21-12)22-18(24)16-8-4-10-23(16)11-13-14(19)6-3-7-15(13)20/h2-3,5-7,9,16H,4,8,10-11H2,1H3,(H,21,22,24)/t16-/m0/s1. The second kappa shape index (κ2) is 7.28. The van der Waals surface area contributed by atoms with E-state index >= 15 is 0 Å². The van der Waals surface area contributed by atoms with Gasteiger partial charge in [0.05, 0.1) is 6.04 Å². The van der Waals surface area contributed by atoms with E-state index in [4.69, 9.17) is 11.6 Å². The van der Waals surface area contributed by atoms with Gasteiger partial charge < -0.3 is 5.32 Å². The number of pyridine rings is 1. The third-order valence-electron chi connectivity index (χ3n) is 4.23. The molecule has 0 spiro atoms. The zero-order valence-corrected chi connectivity index (χ0v) is 14.2. The topological polar surface area (TPSA) is 45.2 Å². The van der Waals surface area contributed by atoms with Crippen molar-refractivity contribution >= 4 is 23.3 Å². The summed E-state index contributed by atoms with van der Waals surface area (Å²) in [4.78, 5) is 18.8. The van der Waals surface area contributed by atoms with Gasteiger partial charge in [-0.05, 0) is 50.6 Å². The second-order valence-corrected chi connectivity index (χ2v) is 6.39. The van der Waals surface area contributed by atoms with Crippen LogP contribution in [0.15, 0.2) is 36.4 Å². The van der Waals surface area contributed by atoms with Crippen LogP contribution >= 0.6 is 11.6 Å². The third-order valence-corrected chi connectivity index (χ3v) is 4.58. The van der Waals surface area contributed by atoms with Crippen molar-refractivity contribution in [1.82, 2.24) is 9.88 Å². The number of rotatable bonds is 4. The largest absolute Gasteiger partial charge is 0.309 e. The summed E-state index contributed by atoms with van der Waals surface area (Å²) < 4.78 is 14.0. The Morgan fingerprint density at radius 3 is 2.92 bits per heavy atom. The highest BCUT2D eigenvalue weighted by Crippen LogP contribution is 2.26. The maximum Gasteiger partial charge on any atom is 0.242 e. The van der Waals surface area contributed by atoms with Gasteiger partial charge in [0.25, 0.3) is 0 Å². The summed E-state index contributed by atoms with van der Waals surface area (Å²) in [5.74, 6) is 0.0859. The van der Waals surface area contributed by atoms with Crippen molar-refractivity contribution in [2.75, 3.05) is 11.9 Å². The Bertz CT molecular complexity index is 733. The lowest BCUT2D eigenvalue weighted by atomic mass is 10.1. The zero-order chi connectivity index (χ0) is 17.1. The zero-order valence-electron chi connectivity index (χ0n) is 13.4. The molecule has 24 heavy (non-hydrogen) atoms. The van der Waals surface area contributed by atoms with Gasteiger partial charge in [-0.25, -0.2) is 9.37 Å². The molecule has 2 heterocycles. The van der Waals surface area contributed by atoms with E-state index in [1.807, 2.05) is 24.0 Å². The van der Waals surface area contributed by atoms with Gasteiger partial charge in [-0.3, -0.25) is 9.69 Å². The van der Waals surface area contributed by atoms with Gasteiger partial charge in [-0.1, -0.05) is 23.7 Å². The van der Waals surface area contributed by atoms with Crippen molar-refractivity contribution in [3.63, 3.8) is 0 Å². The van der Waals surface area contributed by atoms with Gasteiger partial charge in [0, 0.05) is 22.8 Å². The van der Waals surface area contributed by atoms with Crippen LogP contribution in [0.25, 0.3) is 0 Å². The van der Waals surface area contributed by atoms with E-state index in [0.29, 0.717) is 22.9 Å². The Morgan fingerprint density at radius 2 is 2.17 bits per heavy atom. The molecule has 3 rings (SSSR count). The van der Waals surface area contributed by atoms with Crippen LogP contribution in [0.1, 0.15) is 24.1 Å². The number of anilines is 1. The maximum atomic E-state index is 14.0. The van der Waals surface area contributed by atoms with Crippen LogP contribution in [-0.2, 0) is 11.3 Å². The van der Waals surface area contributed by atoms with Crippen LogP contribution in [0.4, 0.5) is 10.2 Å². The summed E-state index contributed by atoms with van der Waals surface area (Å²) in [5, 5.41) is 3.24. The molecule has 1 amide bonds. The molecule has 6 heteroatoms. The monoisotopic (exact) mass is 347 g/mol. The number of aromatic nitrogens is 1. The van der Waals surface area contributed by atoms with Crippen molar-refractivity contribution in [2.45, 2.75) is 32.4 Å². The number of nitrogens with zero attached hydrogens (tertiary/aromatic N) is 2. The average Bonchev–Trinajstić information content (AvgIpc) is 2.99. The molecule has 0 bridgehead atoms. The van der Waals surface area contributed by atoms with Crippen molar-refractivity contribution in [1.29, 1.82) is 0 Å². The molecule has 1 atom stereocenters. The van der Waals surface area contributed by atoms with Gasteiger partial charge in [0.1, 0.15) is 11.6 Å². The highest BCUT2D eigenvalue weighted by atomic mass is 35.5. The number of likely N-dealkylation sites (tertiary alicyclic amines) is 1. The summed E-state index contributed by atoms with van der Waals surface area (Å²) >= 11 is 6.11. The summed E-state index contributed by atoms with van der Waals surface area (Å²) in [6.45, 7) is 2.94. The minimum Gasteiger partial charge on any atom is -0.309 e. The Labute approximate surface area is 145 Å². The first-order valence-electron chi connectivity index (χ1n) is 7.96. The number of benzene rings is 1. The molecule has 1 aliphatic heterocycles. The van der Waals surface area contributed by atoms with Gasteiger partial charge in [0.15, 0.2) is 0 Å². The van der Waals surface area contributed by atoms with Crippen molar-refractivity contribution in [3.8, 4) is 0 Å². The Morgan fingerprint density at radius 1 is 1.38 bits per heavy atom. The fourth-order valence-electron chi connectivity index (χ4n) is 3.02. The lowest BCUT2D eigenvalue weighted by Crippen LogP contribution is -2.39. The average molecular weight is 348 g/mol. The molecule has 1 aromatic heterocycles. The number of hydrogen-bond donors (Lipinski definition) is 1. The minimum atomic E-state index is -0.339. The fraction of sp³-hybridized carbons (Fsp3) is 0.333. The number of carbonyl (C=O) groups excluding carboxylic acids is 1. The summed E-state index contributed by atoms with van der Waals surface area (Å²) in [6.07, 6.45) is 1.63. The van der Waals surface area contributed by atoms with Crippen molar-refractivity contribution < 1.29 is 9.18 Å². The van der Waals surface area contributed by atoms with Crippen LogP contribution in [-0.4, -0.2) is 28.4 Å². The molecule has 1 N–H and O–H groups in total. The molecule has 0 unspecified atom stereocenters. The number of aryl methyl sites for hydroxylation is 1. The lowest BCUT2D eigenvalue weighted by molar-refractivity contribution is -0.120. The van der Waals surface area contributed by atoms with Crippen LogP contribution in [0.2, 0.25) is 5.02 Å². The van der Waals surface area contributed by atoms with E-state index in [0.717, 1.165) is 25.1 Å². The van der Waals surface area contributed by atoms with E-state index in [1.54, 1.807) is 18.2 Å². The normalized spacial score (nSPS) is 17.9.